The predicted octanol–water partition coefficient (Wildman–Crippen LogP) is 2.85. The smallest absolute Gasteiger partial charge is 0.446 e. The number of carbonyl (C=O) groups is 2. The van der Waals surface area contributed by atoms with Gasteiger partial charge in [0.05, 0.1) is 5.75 Å². The highest BCUT2D eigenvalue weighted by molar-refractivity contribution is 8.00. The largest absolute Gasteiger partial charge is 0.481 e. The van der Waals surface area contributed by atoms with Crippen molar-refractivity contribution in [1.82, 2.24) is 5.32 Å². The lowest BCUT2D eigenvalue weighted by Gasteiger charge is -2.07. The molecule has 0 atom stereocenters. The summed E-state index contributed by atoms with van der Waals surface area (Å²) in [6.07, 6.45) is 0. The lowest BCUT2D eigenvalue weighted by atomic mass is 10.2. The van der Waals surface area contributed by atoms with Gasteiger partial charge in [0.25, 0.3) is 5.91 Å². The van der Waals surface area contributed by atoms with Crippen molar-refractivity contribution in [3.63, 3.8) is 0 Å². The van der Waals surface area contributed by atoms with E-state index in [1.165, 1.54) is 24.3 Å². The van der Waals surface area contributed by atoms with Crippen molar-refractivity contribution in [2.75, 3.05) is 18.1 Å². The molecule has 1 aromatic carbocycles. The number of nitrogens with one attached hydrogen (secondary N) is 1. The standard InChI is InChI=1S/C12H12F3NO3S2/c13-12(14,15)21-9-3-1-8(2-4-9)11(19)16-5-6-20-7-10(17)18/h1-4H,5-7H2,(H,16,19)(H,17,18). The van der Waals surface area contributed by atoms with E-state index in [9.17, 15) is 22.8 Å². The maximum absolute atomic E-state index is 12.1. The van der Waals surface area contributed by atoms with Crippen LogP contribution in [0.5, 0.6) is 0 Å². The average molecular weight is 339 g/mol. The molecule has 0 aliphatic heterocycles. The highest BCUT2D eigenvalue weighted by Gasteiger charge is 2.29. The van der Waals surface area contributed by atoms with Gasteiger partial charge in [-0.1, -0.05) is 0 Å². The number of hydrogen-bond acceptors (Lipinski definition) is 4. The molecule has 0 heterocycles. The van der Waals surface area contributed by atoms with E-state index in [0.717, 1.165) is 11.8 Å². The van der Waals surface area contributed by atoms with Gasteiger partial charge in [0.1, 0.15) is 0 Å². The van der Waals surface area contributed by atoms with Crippen molar-refractivity contribution in [2.24, 2.45) is 0 Å². The fourth-order valence-corrected chi connectivity index (χ4v) is 2.41. The van der Waals surface area contributed by atoms with Crippen LogP contribution in [-0.4, -0.2) is 40.5 Å². The first kappa shape index (κ1) is 17.7. The summed E-state index contributed by atoms with van der Waals surface area (Å²) in [6, 6.07) is 5.08. The van der Waals surface area contributed by atoms with Crippen molar-refractivity contribution in [3.8, 4) is 0 Å². The third-order valence-electron chi connectivity index (χ3n) is 2.11. The number of benzene rings is 1. The fraction of sp³-hybridized carbons (Fsp3) is 0.333. The second kappa shape index (κ2) is 8.18. The second-order valence-electron chi connectivity index (χ2n) is 3.77. The van der Waals surface area contributed by atoms with Crippen molar-refractivity contribution in [3.05, 3.63) is 29.8 Å². The first-order chi connectivity index (χ1) is 9.78. The molecule has 4 nitrogen and oxygen atoms in total. The van der Waals surface area contributed by atoms with Crippen LogP contribution in [0, 0.1) is 0 Å². The molecule has 0 unspecified atom stereocenters. The molecule has 0 saturated carbocycles. The number of carbonyl (C=O) groups excluding carboxylic acids is 1. The summed E-state index contributed by atoms with van der Waals surface area (Å²) in [5, 5.41) is 11.0. The molecule has 0 saturated heterocycles. The van der Waals surface area contributed by atoms with Crippen LogP contribution in [0.15, 0.2) is 29.2 Å². The maximum Gasteiger partial charge on any atom is 0.446 e. The molecule has 0 radical (unpaired) electrons. The van der Waals surface area contributed by atoms with Gasteiger partial charge in [0, 0.05) is 22.8 Å². The Bertz CT molecular complexity index is 492. The van der Waals surface area contributed by atoms with Crippen molar-refractivity contribution >= 4 is 35.4 Å². The molecule has 21 heavy (non-hydrogen) atoms. The van der Waals surface area contributed by atoms with Gasteiger partial charge in [0.15, 0.2) is 0 Å². The zero-order chi connectivity index (χ0) is 15.9. The quantitative estimate of drug-likeness (QED) is 0.591. The fourth-order valence-electron chi connectivity index (χ4n) is 1.31. The Hall–Kier alpha value is -1.35. The molecule has 1 amide bonds. The van der Waals surface area contributed by atoms with Crippen molar-refractivity contribution in [1.29, 1.82) is 0 Å². The highest BCUT2D eigenvalue weighted by Crippen LogP contribution is 2.36. The van der Waals surface area contributed by atoms with Gasteiger partial charge in [-0.15, -0.1) is 11.8 Å². The maximum atomic E-state index is 12.1. The minimum absolute atomic E-state index is 0.0102. The Morgan fingerprint density at radius 1 is 1.19 bits per heavy atom. The molecule has 0 aliphatic carbocycles. The van der Waals surface area contributed by atoms with Crippen LogP contribution in [0.4, 0.5) is 13.2 Å². The molecular formula is C12H12F3NO3S2. The van der Waals surface area contributed by atoms with Crippen LogP contribution < -0.4 is 5.32 Å². The molecule has 0 bridgehead atoms. The van der Waals surface area contributed by atoms with Gasteiger partial charge in [0.2, 0.25) is 0 Å². The van der Waals surface area contributed by atoms with E-state index >= 15 is 0 Å². The number of thioether (sulfide) groups is 2. The zero-order valence-corrected chi connectivity index (χ0v) is 12.3. The molecular weight excluding hydrogens is 327 g/mol. The minimum atomic E-state index is -4.36. The van der Waals surface area contributed by atoms with Gasteiger partial charge in [-0.25, -0.2) is 0 Å². The molecule has 1 rings (SSSR count). The number of carboxylic acids is 1. The van der Waals surface area contributed by atoms with Crippen LogP contribution in [-0.2, 0) is 4.79 Å². The Kier molecular flexibility index (Phi) is 6.90. The minimum Gasteiger partial charge on any atom is -0.481 e. The van der Waals surface area contributed by atoms with Crippen LogP contribution in [0.3, 0.4) is 0 Å². The molecule has 1 aromatic rings. The lowest BCUT2D eigenvalue weighted by Crippen LogP contribution is -2.25. The average Bonchev–Trinajstić information content (AvgIpc) is 2.36. The normalized spacial score (nSPS) is 11.2. The zero-order valence-electron chi connectivity index (χ0n) is 10.6. The van der Waals surface area contributed by atoms with Gasteiger partial charge in [-0.05, 0) is 36.0 Å². The first-order valence-corrected chi connectivity index (χ1v) is 7.68. The molecule has 0 aliphatic rings. The van der Waals surface area contributed by atoms with E-state index < -0.39 is 17.4 Å². The monoisotopic (exact) mass is 339 g/mol. The summed E-state index contributed by atoms with van der Waals surface area (Å²) in [5.41, 5.74) is -4.10. The summed E-state index contributed by atoms with van der Waals surface area (Å²) < 4.78 is 36.4. The Morgan fingerprint density at radius 2 is 1.81 bits per heavy atom. The number of aliphatic carboxylic acids is 1. The number of halogens is 3. The number of hydrogen-bond donors (Lipinski definition) is 2. The van der Waals surface area contributed by atoms with E-state index in [1.54, 1.807) is 0 Å². The molecule has 9 heteroatoms. The lowest BCUT2D eigenvalue weighted by molar-refractivity contribution is -0.133. The summed E-state index contributed by atoms with van der Waals surface area (Å²) in [5.74, 6) is -0.933. The topological polar surface area (TPSA) is 66.4 Å². The third-order valence-corrected chi connectivity index (χ3v) is 3.79. The SMILES string of the molecule is O=C(O)CSCCNC(=O)c1ccc(SC(F)(F)F)cc1. The molecule has 0 aromatic heterocycles. The number of alkyl halides is 3. The van der Waals surface area contributed by atoms with E-state index in [4.69, 9.17) is 5.11 Å². The summed E-state index contributed by atoms with van der Waals surface area (Å²) >= 11 is 0.922. The van der Waals surface area contributed by atoms with Crippen LogP contribution in [0.1, 0.15) is 10.4 Å². The van der Waals surface area contributed by atoms with E-state index in [0.29, 0.717) is 5.75 Å². The molecule has 2 N–H and O–H groups in total. The summed E-state index contributed by atoms with van der Waals surface area (Å²) in [6.45, 7) is 0.288. The van der Waals surface area contributed by atoms with Gasteiger partial charge in [-0.3, -0.25) is 9.59 Å². The summed E-state index contributed by atoms with van der Waals surface area (Å²) in [4.78, 5) is 21.9. The van der Waals surface area contributed by atoms with Crippen LogP contribution >= 0.6 is 23.5 Å². The number of amides is 1. The first-order valence-electron chi connectivity index (χ1n) is 5.71. The Morgan fingerprint density at radius 3 is 2.33 bits per heavy atom. The molecule has 0 spiro atoms. The van der Waals surface area contributed by atoms with Crippen molar-refractivity contribution in [2.45, 2.75) is 10.4 Å². The molecule has 0 fully saturated rings. The number of rotatable bonds is 7. The van der Waals surface area contributed by atoms with Crippen molar-refractivity contribution < 1.29 is 27.9 Å². The van der Waals surface area contributed by atoms with Gasteiger partial charge >= 0.3 is 11.5 Å². The third kappa shape index (κ3) is 7.86. The van der Waals surface area contributed by atoms with E-state index in [1.807, 2.05) is 0 Å². The Labute approximate surface area is 127 Å². The number of carboxylic acid groups (broad SMARTS) is 1. The van der Waals surface area contributed by atoms with E-state index in [2.05, 4.69) is 5.32 Å². The van der Waals surface area contributed by atoms with Gasteiger partial charge in [-0.2, -0.15) is 13.2 Å². The second-order valence-corrected chi connectivity index (χ2v) is 6.02. The summed E-state index contributed by atoms with van der Waals surface area (Å²) in [7, 11) is 0. The van der Waals surface area contributed by atoms with Gasteiger partial charge < -0.3 is 10.4 Å². The van der Waals surface area contributed by atoms with E-state index in [-0.39, 0.29) is 34.5 Å². The predicted molar refractivity (Wildman–Crippen MR) is 75.6 cm³/mol. The molecule has 116 valence electrons. The Balaban J connectivity index is 2.39. The van der Waals surface area contributed by atoms with Crippen LogP contribution in [0.25, 0.3) is 0 Å². The highest BCUT2D eigenvalue weighted by atomic mass is 32.2. The van der Waals surface area contributed by atoms with Crippen LogP contribution in [0.2, 0.25) is 0 Å².